The van der Waals surface area contributed by atoms with E-state index >= 15 is 0 Å². The van der Waals surface area contributed by atoms with Crippen molar-refractivity contribution >= 4 is 5.91 Å². The molecule has 0 spiro atoms. The zero-order valence-electron chi connectivity index (χ0n) is 9.44. The van der Waals surface area contributed by atoms with Crippen molar-refractivity contribution in [2.75, 3.05) is 0 Å². The zero-order valence-corrected chi connectivity index (χ0v) is 9.44. The maximum atomic E-state index is 12.1. The fourth-order valence-electron chi connectivity index (χ4n) is 2.35. The highest BCUT2D eigenvalue weighted by Crippen LogP contribution is 2.22. The molecule has 2 heterocycles. The standard InChI is InChI=1S/C12H14N4O/c17-12(16-8-3-1-2-4-8)9-7-15-11-10(9)13-5-6-14-11/h5-8,13H,1-4H2,(H,16,17). The van der Waals surface area contributed by atoms with Crippen LogP contribution >= 0.6 is 0 Å². The van der Waals surface area contributed by atoms with E-state index in [1.807, 2.05) is 0 Å². The molecule has 88 valence electrons. The monoisotopic (exact) mass is 230 g/mol. The predicted molar refractivity (Wildman–Crippen MR) is 62.7 cm³/mol. The summed E-state index contributed by atoms with van der Waals surface area (Å²) in [5, 5.41) is 3.05. The Balaban J connectivity index is 1.81. The first kappa shape index (κ1) is 10.3. The van der Waals surface area contributed by atoms with Crippen LogP contribution in [0.25, 0.3) is 11.5 Å². The van der Waals surface area contributed by atoms with E-state index in [9.17, 15) is 4.79 Å². The van der Waals surface area contributed by atoms with Gasteiger partial charge >= 0.3 is 0 Å². The quantitative estimate of drug-likeness (QED) is 0.822. The summed E-state index contributed by atoms with van der Waals surface area (Å²) in [7, 11) is 0. The maximum absolute atomic E-state index is 12.1. The lowest BCUT2D eigenvalue weighted by molar-refractivity contribution is 0.0938. The van der Waals surface area contributed by atoms with Gasteiger partial charge in [0.15, 0.2) is 5.82 Å². The summed E-state index contributed by atoms with van der Waals surface area (Å²) in [4.78, 5) is 23.3. The summed E-state index contributed by atoms with van der Waals surface area (Å²) in [6.45, 7) is 0. The molecule has 0 unspecified atom stereocenters. The molecule has 0 aromatic rings. The molecule has 1 fully saturated rings. The summed E-state index contributed by atoms with van der Waals surface area (Å²) in [5.41, 5.74) is 1.29. The van der Waals surface area contributed by atoms with Crippen LogP contribution in [0.3, 0.4) is 0 Å². The second kappa shape index (κ2) is 4.16. The third-order valence-corrected chi connectivity index (χ3v) is 3.24. The lowest BCUT2D eigenvalue weighted by atomic mass is 10.2. The summed E-state index contributed by atoms with van der Waals surface area (Å²) >= 11 is 0. The SMILES string of the molecule is O=C(NC1CCCC1)c1cnc2ncc[nH]c1-2. The van der Waals surface area contributed by atoms with Crippen molar-refractivity contribution in [3.8, 4) is 11.5 Å². The van der Waals surface area contributed by atoms with Gasteiger partial charge in [-0.1, -0.05) is 12.8 Å². The van der Waals surface area contributed by atoms with Crippen molar-refractivity contribution in [1.29, 1.82) is 0 Å². The minimum atomic E-state index is -0.0522. The minimum absolute atomic E-state index is 0.0522. The smallest absolute Gasteiger partial charge is 0.255 e. The van der Waals surface area contributed by atoms with Crippen LogP contribution in [0.4, 0.5) is 0 Å². The van der Waals surface area contributed by atoms with Gasteiger partial charge in [0.1, 0.15) is 0 Å². The third kappa shape index (κ3) is 1.88. The van der Waals surface area contributed by atoms with Crippen LogP contribution in [0.2, 0.25) is 0 Å². The average Bonchev–Trinajstić information content (AvgIpc) is 2.96. The predicted octanol–water partition coefficient (Wildman–Crippen LogP) is 1.58. The number of carbonyl (C=O) groups is 1. The molecule has 5 heteroatoms. The number of rotatable bonds is 2. The fraction of sp³-hybridized carbons (Fsp3) is 0.417. The number of fused-ring (bicyclic) bond motifs is 1. The molecule has 1 amide bonds. The molecule has 2 N–H and O–H groups in total. The second-order valence-corrected chi connectivity index (χ2v) is 4.41. The fourth-order valence-corrected chi connectivity index (χ4v) is 2.35. The Kier molecular flexibility index (Phi) is 2.51. The van der Waals surface area contributed by atoms with Gasteiger partial charge in [-0.25, -0.2) is 9.97 Å². The molecule has 0 atom stereocenters. The van der Waals surface area contributed by atoms with Gasteiger partial charge in [-0.2, -0.15) is 0 Å². The van der Waals surface area contributed by atoms with Crippen LogP contribution in [0.1, 0.15) is 36.0 Å². The molecule has 0 saturated heterocycles. The summed E-state index contributed by atoms with van der Waals surface area (Å²) < 4.78 is 0. The van der Waals surface area contributed by atoms with E-state index in [-0.39, 0.29) is 5.91 Å². The van der Waals surface area contributed by atoms with Crippen molar-refractivity contribution < 1.29 is 4.79 Å². The molecule has 0 aromatic carbocycles. The van der Waals surface area contributed by atoms with Crippen LogP contribution in [0.15, 0.2) is 18.6 Å². The van der Waals surface area contributed by atoms with Gasteiger partial charge in [-0.15, -0.1) is 0 Å². The van der Waals surface area contributed by atoms with E-state index in [0.29, 0.717) is 23.1 Å². The van der Waals surface area contributed by atoms with Crippen LogP contribution in [-0.4, -0.2) is 26.9 Å². The zero-order chi connectivity index (χ0) is 11.7. The number of amides is 1. The van der Waals surface area contributed by atoms with Gasteiger partial charge in [0, 0.05) is 24.6 Å². The molecule has 0 aromatic heterocycles. The first-order chi connectivity index (χ1) is 8.34. The Morgan fingerprint density at radius 3 is 3.00 bits per heavy atom. The van der Waals surface area contributed by atoms with Gasteiger partial charge in [-0.05, 0) is 12.8 Å². The minimum Gasteiger partial charge on any atom is -0.356 e. The Bertz CT molecular complexity index is 501. The van der Waals surface area contributed by atoms with E-state index in [1.165, 1.54) is 12.8 Å². The Morgan fingerprint density at radius 1 is 1.35 bits per heavy atom. The van der Waals surface area contributed by atoms with E-state index < -0.39 is 0 Å². The number of nitrogens with one attached hydrogen (secondary N) is 2. The number of aromatic nitrogens is 3. The van der Waals surface area contributed by atoms with Crippen LogP contribution in [0.5, 0.6) is 0 Å². The van der Waals surface area contributed by atoms with Crippen molar-refractivity contribution in [3.05, 3.63) is 24.2 Å². The molecular weight excluding hydrogens is 216 g/mol. The number of aromatic amines is 1. The van der Waals surface area contributed by atoms with Crippen LogP contribution in [-0.2, 0) is 0 Å². The van der Waals surface area contributed by atoms with E-state index in [1.54, 1.807) is 18.6 Å². The van der Waals surface area contributed by atoms with Crippen LogP contribution < -0.4 is 5.32 Å². The lowest BCUT2D eigenvalue weighted by Crippen LogP contribution is -2.32. The molecule has 5 nitrogen and oxygen atoms in total. The largest absolute Gasteiger partial charge is 0.356 e. The average molecular weight is 230 g/mol. The number of hydrogen-bond donors (Lipinski definition) is 2. The molecule has 3 aliphatic rings. The highest BCUT2D eigenvalue weighted by Gasteiger charge is 2.22. The molecule has 3 rings (SSSR count). The molecule has 2 aliphatic heterocycles. The molecule has 1 saturated carbocycles. The topological polar surface area (TPSA) is 70.7 Å². The maximum Gasteiger partial charge on any atom is 0.255 e. The number of nitrogens with zero attached hydrogens (tertiary/aromatic N) is 2. The summed E-state index contributed by atoms with van der Waals surface area (Å²) in [6, 6.07) is 0.323. The third-order valence-electron chi connectivity index (χ3n) is 3.24. The first-order valence-corrected chi connectivity index (χ1v) is 5.93. The highest BCUT2D eigenvalue weighted by atomic mass is 16.1. The van der Waals surface area contributed by atoms with E-state index in [4.69, 9.17) is 0 Å². The van der Waals surface area contributed by atoms with Gasteiger partial charge < -0.3 is 10.3 Å². The van der Waals surface area contributed by atoms with Crippen molar-refractivity contribution in [3.63, 3.8) is 0 Å². The normalized spacial score (nSPS) is 16.5. The lowest BCUT2D eigenvalue weighted by Gasteiger charge is -2.11. The number of H-pyrrole nitrogens is 1. The number of carbonyl (C=O) groups excluding carboxylic acids is 1. The Labute approximate surface area is 99.0 Å². The van der Waals surface area contributed by atoms with E-state index in [0.717, 1.165) is 12.8 Å². The molecule has 1 aliphatic carbocycles. The molecular formula is C12H14N4O. The van der Waals surface area contributed by atoms with Gasteiger partial charge in [0.2, 0.25) is 0 Å². The van der Waals surface area contributed by atoms with Gasteiger partial charge in [0.25, 0.3) is 5.91 Å². The van der Waals surface area contributed by atoms with Crippen LogP contribution in [0, 0.1) is 0 Å². The van der Waals surface area contributed by atoms with Crippen molar-refractivity contribution in [2.24, 2.45) is 0 Å². The number of hydrogen-bond acceptors (Lipinski definition) is 3. The van der Waals surface area contributed by atoms with Crippen molar-refractivity contribution in [2.45, 2.75) is 31.7 Å². The molecule has 0 radical (unpaired) electrons. The molecule has 17 heavy (non-hydrogen) atoms. The van der Waals surface area contributed by atoms with Gasteiger partial charge in [0.05, 0.1) is 11.3 Å². The highest BCUT2D eigenvalue weighted by molar-refractivity contribution is 5.99. The Hall–Kier alpha value is -1.91. The van der Waals surface area contributed by atoms with Gasteiger partial charge in [-0.3, -0.25) is 4.79 Å². The van der Waals surface area contributed by atoms with Crippen molar-refractivity contribution in [1.82, 2.24) is 20.3 Å². The molecule has 0 bridgehead atoms. The van der Waals surface area contributed by atoms with E-state index in [2.05, 4.69) is 20.3 Å². The first-order valence-electron chi connectivity index (χ1n) is 5.93. The second-order valence-electron chi connectivity index (χ2n) is 4.41. The Morgan fingerprint density at radius 2 is 2.18 bits per heavy atom. The summed E-state index contributed by atoms with van der Waals surface area (Å²) in [5.74, 6) is 0.535. The summed E-state index contributed by atoms with van der Waals surface area (Å²) in [6.07, 6.45) is 9.50.